The number of hydrogen-bond donors (Lipinski definition) is 1. The number of rotatable bonds is 11. The van der Waals surface area contributed by atoms with E-state index in [1.807, 2.05) is 101 Å². The molecule has 4 rings (SSSR count). The highest BCUT2D eigenvalue weighted by Crippen LogP contribution is 2.27. The topological polar surface area (TPSA) is 86.8 Å². The molecule has 2 amide bonds. The van der Waals surface area contributed by atoms with Gasteiger partial charge in [0.2, 0.25) is 11.8 Å². The number of hydrogen-bond acceptors (Lipinski definition) is 4. The van der Waals surface area contributed by atoms with E-state index in [9.17, 15) is 18.0 Å². The normalized spacial score (nSPS) is 12.3. The van der Waals surface area contributed by atoms with Crippen LogP contribution < -0.4 is 9.62 Å². The number of amides is 2. The van der Waals surface area contributed by atoms with E-state index in [4.69, 9.17) is 0 Å². The smallest absolute Gasteiger partial charge is 0.264 e. The average Bonchev–Trinajstić information content (AvgIpc) is 2.98. The maximum atomic E-state index is 14.5. The molecule has 4 aromatic carbocycles. The first-order chi connectivity index (χ1) is 20.8. The second-order valence-electron chi connectivity index (χ2n) is 12.1. The maximum absolute atomic E-state index is 14.5. The van der Waals surface area contributed by atoms with Crippen LogP contribution >= 0.6 is 0 Å². The van der Waals surface area contributed by atoms with Crippen LogP contribution in [0.4, 0.5) is 5.69 Å². The lowest BCUT2D eigenvalue weighted by atomic mass is 10.0. The Morgan fingerprint density at radius 3 is 1.98 bits per heavy atom. The summed E-state index contributed by atoms with van der Waals surface area (Å²) in [5, 5.41) is 3.06. The number of carbonyl (C=O) groups excluding carboxylic acids is 2. The first-order valence-corrected chi connectivity index (χ1v) is 16.1. The quantitative estimate of drug-likeness (QED) is 0.224. The van der Waals surface area contributed by atoms with Gasteiger partial charge in [0.15, 0.2) is 0 Å². The van der Waals surface area contributed by atoms with Crippen LogP contribution in [0, 0.1) is 13.8 Å². The SMILES string of the molecule is Cc1cccc(CN(C(=O)CN(c2ccccc2C)S(=O)(=O)c2ccccc2)[C@@H](Cc2ccccc2)C(=O)NC(C)(C)C)c1. The van der Waals surface area contributed by atoms with Gasteiger partial charge in [-0.25, -0.2) is 8.42 Å². The molecule has 7 nitrogen and oxygen atoms in total. The van der Waals surface area contributed by atoms with Crippen molar-refractivity contribution >= 4 is 27.5 Å². The van der Waals surface area contributed by atoms with Crippen molar-refractivity contribution in [3.05, 3.63) is 131 Å². The zero-order chi connectivity index (χ0) is 31.9. The molecule has 0 saturated carbocycles. The van der Waals surface area contributed by atoms with Gasteiger partial charge in [0.1, 0.15) is 12.6 Å². The van der Waals surface area contributed by atoms with Crippen molar-refractivity contribution in [3.63, 3.8) is 0 Å². The fourth-order valence-electron chi connectivity index (χ4n) is 5.09. The van der Waals surface area contributed by atoms with Crippen molar-refractivity contribution in [2.45, 2.75) is 64.1 Å². The first-order valence-electron chi connectivity index (χ1n) is 14.7. The molecule has 4 aromatic rings. The van der Waals surface area contributed by atoms with Crippen molar-refractivity contribution in [2.24, 2.45) is 0 Å². The van der Waals surface area contributed by atoms with E-state index in [0.29, 0.717) is 11.3 Å². The Morgan fingerprint density at radius 1 is 0.773 bits per heavy atom. The van der Waals surface area contributed by atoms with Gasteiger partial charge in [-0.1, -0.05) is 96.6 Å². The lowest BCUT2D eigenvalue weighted by molar-refractivity contribution is -0.140. The van der Waals surface area contributed by atoms with Crippen LogP contribution in [0.25, 0.3) is 0 Å². The molecule has 0 heterocycles. The number of benzene rings is 4. The lowest BCUT2D eigenvalue weighted by Gasteiger charge is -2.35. The Hall–Kier alpha value is -4.43. The summed E-state index contributed by atoms with van der Waals surface area (Å²) in [6.45, 7) is 9.10. The third-order valence-electron chi connectivity index (χ3n) is 7.20. The van der Waals surface area contributed by atoms with Crippen LogP contribution in [0.3, 0.4) is 0 Å². The Kier molecular flexibility index (Phi) is 10.3. The Labute approximate surface area is 261 Å². The van der Waals surface area contributed by atoms with Gasteiger partial charge in [0, 0.05) is 18.5 Å². The summed E-state index contributed by atoms with van der Waals surface area (Å²) in [7, 11) is -4.13. The fourth-order valence-corrected chi connectivity index (χ4v) is 6.59. The second-order valence-corrected chi connectivity index (χ2v) is 13.9. The number of anilines is 1. The van der Waals surface area contributed by atoms with Gasteiger partial charge in [0.05, 0.1) is 10.6 Å². The fraction of sp³-hybridized carbons (Fsp3) is 0.278. The van der Waals surface area contributed by atoms with Crippen LogP contribution in [0.2, 0.25) is 0 Å². The van der Waals surface area contributed by atoms with Gasteiger partial charge < -0.3 is 10.2 Å². The molecule has 0 aliphatic carbocycles. The summed E-state index contributed by atoms with van der Waals surface area (Å²) in [5.74, 6) is -0.796. The standard InChI is InChI=1S/C36H41N3O4S/c1-27-15-14-19-30(23-27)25-38(33(35(41)37-36(3,4)5)24-29-17-8-6-9-18-29)34(40)26-39(32-22-13-12-16-28(32)2)44(42,43)31-20-10-7-11-21-31/h6-23,33H,24-26H2,1-5H3,(H,37,41)/t33-/m0/s1. The van der Waals surface area contributed by atoms with Gasteiger partial charge in [-0.2, -0.15) is 0 Å². The van der Waals surface area contributed by atoms with E-state index < -0.39 is 34.1 Å². The number of sulfonamides is 1. The number of nitrogens with one attached hydrogen (secondary N) is 1. The van der Waals surface area contributed by atoms with Gasteiger partial charge in [0.25, 0.3) is 10.0 Å². The van der Waals surface area contributed by atoms with E-state index in [2.05, 4.69) is 5.32 Å². The van der Waals surface area contributed by atoms with Crippen molar-refractivity contribution in [2.75, 3.05) is 10.8 Å². The number of carbonyl (C=O) groups is 2. The highest BCUT2D eigenvalue weighted by atomic mass is 32.2. The third kappa shape index (κ3) is 8.35. The lowest BCUT2D eigenvalue weighted by Crippen LogP contribution is -2.56. The summed E-state index contributed by atoms with van der Waals surface area (Å²) < 4.78 is 29.4. The molecule has 1 atom stereocenters. The molecule has 8 heteroatoms. The van der Waals surface area contributed by atoms with Crippen LogP contribution in [-0.2, 0) is 32.6 Å². The highest BCUT2D eigenvalue weighted by molar-refractivity contribution is 7.92. The Balaban J connectivity index is 1.82. The molecule has 0 aliphatic rings. The molecule has 0 aromatic heterocycles. The summed E-state index contributed by atoms with van der Waals surface area (Å²) in [6.07, 6.45) is 0.260. The first kappa shape index (κ1) is 32.5. The molecule has 44 heavy (non-hydrogen) atoms. The number of nitrogens with zero attached hydrogens (tertiary/aromatic N) is 2. The molecule has 0 spiro atoms. The van der Waals surface area contributed by atoms with Crippen LogP contribution in [0.1, 0.15) is 43.0 Å². The molecule has 230 valence electrons. The molecular formula is C36H41N3O4S. The predicted molar refractivity (Wildman–Crippen MR) is 176 cm³/mol. The van der Waals surface area contributed by atoms with E-state index in [-0.39, 0.29) is 23.8 Å². The summed E-state index contributed by atoms with van der Waals surface area (Å²) in [4.78, 5) is 30.1. The van der Waals surface area contributed by atoms with Gasteiger partial charge in [-0.15, -0.1) is 0 Å². The number of para-hydroxylation sites is 1. The Bertz CT molecular complexity index is 1680. The molecule has 0 bridgehead atoms. The largest absolute Gasteiger partial charge is 0.350 e. The van der Waals surface area contributed by atoms with Crippen molar-refractivity contribution in [1.29, 1.82) is 0 Å². The van der Waals surface area contributed by atoms with Crippen molar-refractivity contribution < 1.29 is 18.0 Å². The van der Waals surface area contributed by atoms with Crippen molar-refractivity contribution in [3.8, 4) is 0 Å². The second kappa shape index (κ2) is 13.9. The Morgan fingerprint density at radius 2 is 1.36 bits per heavy atom. The minimum Gasteiger partial charge on any atom is -0.350 e. The van der Waals surface area contributed by atoms with Crippen molar-refractivity contribution in [1.82, 2.24) is 10.2 Å². The molecule has 0 unspecified atom stereocenters. The molecule has 0 saturated heterocycles. The summed E-state index contributed by atoms with van der Waals surface area (Å²) in [6, 6.07) is 31.6. The molecule has 0 aliphatic heterocycles. The molecule has 0 radical (unpaired) electrons. The maximum Gasteiger partial charge on any atom is 0.264 e. The van der Waals surface area contributed by atoms with E-state index in [1.54, 1.807) is 30.3 Å². The van der Waals surface area contributed by atoms with Crippen LogP contribution in [-0.4, -0.2) is 43.3 Å². The highest BCUT2D eigenvalue weighted by Gasteiger charge is 2.35. The van der Waals surface area contributed by atoms with E-state index >= 15 is 0 Å². The zero-order valence-corrected chi connectivity index (χ0v) is 26.8. The van der Waals surface area contributed by atoms with Gasteiger partial charge >= 0.3 is 0 Å². The zero-order valence-electron chi connectivity index (χ0n) is 26.0. The monoisotopic (exact) mass is 611 g/mol. The molecular weight excluding hydrogens is 570 g/mol. The summed E-state index contributed by atoms with van der Waals surface area (Å²) in [5.41, 5.74) is 3.30. The predicted octanol–water partition coefficient (Wildman–Crippen LogP) is 6.05. The van der Waals surface area contributed by atoms with Crippen LogP contribution in [0.15, 0.2) is 114 Å². The minimum atomic E-state index is -4.13. The number of aryl methyl sites for hydroxylation is 2. The summed E-state index contributed by atoms with van der Waals surface area (Å²) >= 11 is 0. The minimum absolute atomic E-state index is 0.0765. The molecule has 1 N–H and O–H groups in total. The third-order valence-corrected chi connectivity index (χ3v) is 8.97. The van der Waals surface area contributed by atoms with Crippen LogP contribution in [0.5, 0.6) is 0 Å². The molecule has 0 fully saturated rings. The van der Waals surface area contributed by atoms with E-state index in [0.717, 1.165) is 21.0 Å². The van der Waals surface area contributed by atoms with Gasteiger partial charge in [-0.3, -0.25) is 13.9 Å². The van der Waals surface area contributed by atoms with Gasteiger partial charge in [-0.05, 0) is 69.5 Å². The average molecular weight is 612 g/mol. The van der Waals surface area contributed by atoms with E-state index in [1.165, 1.54) is 17.0 Å².